The van der Waals surface area contributed by atoms with Crippen LogP contribution >= 0.6 is 11.3 Å². The largest absolute Gasteiger partial charge is 0.389 e. The minimum Gasteiger partial charge on any atom is -0.389 e. The quantitative estimate of drug-likeness (QED) is 0.854. The van der Waals surface area contributed by atoms with Gasteiger partial charge in [0.25, 0.3) is 0 Å². The first-order valence-electron chi connectivity index (χ1n) is 7.54. The first-order valence-corrected chi connectivity index (χ1v) is 8.42. The maximum Gasteiger partial charge on any atom is 0.0772 e. The Morgan fingerprint density at radius 2 is 2.16 bits per heavy atom. The van der Waals surface area contributed by atoms with Gasteiger partial charge >= 0.3 is 0 Å². The first-order chi connectivity index (χ1) is 9.04. The fraction of sp³-hybridized carbons (Fsp3) is 0.750. The highest BCUT2D eigenvalue weighted by Crippen LogP contribution is 2.34. The van der Waals surface area contributed by atoms with E-state index in [0.717, 1.165) is 25.3 Å². The van der Waals surface area contributed by atoms with Gasteiger partial charge in [0.15, 0.2) is 0 Å². The van der Waals surface area contributed by atoms with E-state index < -0.39 is 5.60 Å². The molecular formula is C16H27NOS. The van der Waals surface area contributed by atoms with Gasteiger partial charge in [-0.2, -0.15) is 0 Å². The minimum atomic E-state index is -0.481. The molecule has 1 heterocycles. The molecule has 0 saturated heterocycles. The molecule has 1 aliphatic rings. The maximum atomic E-state index is 10.6. The molecule has 1 saturated carbocycles. The highest BCUT2D eigenvalue weighted by molar-refractivity contribution is 7.10. The van der Waals surface area contributed by atoms with Gasteiger partial charge in [-0.15, -0.1) is 11.3 Å². The molecule has 2 nitrogen and oxygen atoms in total. The number of rotatable bonds is 5. The van der Waals surface area contributed by atoms with E-state index in [0.29, 0.717) is 6.04 Å². The summed E-state index contributed by atoms with van der Waals surface area (Å²) in [5.41, 5.74) is 0.872. The summed E-state index contributed by atoms with van der Waals surface area (Å²) in [5.74, 6) is 0.831. The van der Waals surface area contributed by atoms with Gasteiger partial charge in [0.2, 0.25) is 0 Å². The van der Waals surface area contributed by atoms with Crippen molar-refractivity contribution >= 4 is 11.3 Å². The second-order valence-corrected chi connectivity index (χ2v) is 7.09. The summed E-state index contributed by atoms with van der Waals surface area (Å²) >= 11 is 1.80. The topological polar surface area (TPSA) is 32.3 Å². The van der Waals surface area contributed by atoms with Gasteiger partial charge in [-0.3, -0.25) is 0 Å². The monoisotopic (exact) mass is 281 g/mol. The summed E-state index contributed by atoms with van der Waals surface area (Å²) in [6, 6.07) is 2.51. The fourth-order valence-electron chi connectivity index (χ4n) is 3.06. The predicted molar refractivity (Wildman–Crippen MR) is 82.7 cm³/mol. The molecule has 1 aromatic heterocycles. The molecule has 1 atom stereocenters. The predicted octanol–water partition coefficient (Wildman–Crippen LogP) is 4.04. The third-order valence-electron chi connectivity index (χ3n) is 4.65. The van der Waals surface area contributed by atoms with Crippen molar-refractivity contribution in [1.29, 1.82) is 0 Å². The molecule has 0 spiro atoms. The molecule has 1 unspecified atom stereocenters. The highest BCUT2D eigenvalue weighted by atomic mass is 32.1. The summed E-state index contributed by atoms with van der Waals surface area (Å²) in [6.45, 7) is 7.34. The molecule has 1 fully saturated rings. The lowest BCUT2D eigenvalue weighted by atomic mass is 9.78. The lowest BCUT2D eigenvalue weighted by Gasteiger charge is -2.36. The van der Waals surface area contributed by atoms with Gasteiger partial charge in [-0.05, 0) is 62.5 Å². The second-order valence-electron chi connectivity index (χ2n) is 6.15. The van der Waals surface area contributed by atoms with Crippen molar-refractivity contribution in [3.63, 3.8) is 0 Å². The van der Waals surface area contributed by atoms with Crippen LogP contribution in [-0.2, 0) is 0 Å². The summed E-state index contributed by atoms with van der Waals surface area (Å²) in [5, 5.41) is 16.3. The van der Waals surface area contributed by atoms with Crippen molar-refractivity contribution in [2.45, 2.75) is 64.5 Å². The second kappa shape index (κ2) is 6.38. The molecule has 2 rings (SSSR count). The number of nitrogens with one attached hydrogen (secondary N) is 1. The van der Waals surface area contributed by atoms with Gasteiger partial charge in [-0.1, -0.05) is 13.3 Å². The van der Waals surface area contributed by atoms with Crippen molar-refractivity contribution in [3.05, 3.63) is 21.9 Å². The van der Waals surface area contributed by atoms with Crippen molar-refractivity contribution in [1.82, 2.24) is 5.32 Å². The number of aliphatic hydroxyl groups is 1. The van der Waals surface area contributed by atoms with E-state index in [-0.39, 0.29) is 0 Å². The number of aryl methyl sites for hydroxylation is 1. The minimum absolute atomic E-state index is 0.341. The van der Waals surface area contributed by atoms with Crippen molar-refractivity contribution in [2.75, 3.05) is 6.54 Å². The Morgan fingerprint density at radius 1 is 1.47 bits per heavy atom. The van der Waals surface area contributed by atoms with Gasteiger partial charge in [0, 0.05) is 17.5 Å². The van der Waals surface area contributed by atoms with Crippen LogP contribution in [0.3, 0.4) is 0 Å². The summed E-state index contributed by atoms with van der Waals surface area (Å²) in [7, 11) is 0. The molecule has 2 N–H and O–H groups in total. The van der Waals surface area contributed by atoms with E-state index in [9.17, 15) is 5.11 Å². The fourth-order valence-corrected chi connectivity index (χ4v) is 4.02. The molecule has 3 heteroatoms. The van der Waals surface area contributed by atoms with Gasteiger partial charge in [0.05, 0.1) is 5.60 Å². The summed E-state index contributed by atoms with van der Waals surface area (Å²) in [4.78, 5) is 1.39. The van der Waals surface area contributed by atoms with Gasteiger partial charge in [-0.25, -0.2) is 0 Å². The zero-order valence-corrected chi connectivity index (χ0v) is 13.2. The zero-order chi connectivity index (χ0) is 13.9. The average Bonchev–Trinajstić information content (AvgIpc) is 2.83. The number of hydrogen-bond donors (Lipinski definition) is 2. The molecule has 19 heavy (non-hydrogen) atoms. The Kier molecular flexibility index (Phi) is 5.04. The zero-order valence-electron chi connectivity index (χ0n) is 12.4. The molecule has 0 amide bonds. The van der Waals surface area contributed by atoms with E-state index in [1.165, 1.54) is 29.7 Å². The lowest BCUT2D eigenvalue weighted by molar-refractivity contribution is -0.0103. The summed E-state index contributed by atoms with van der Waals surface area (Å²) in [6.07, 6.45) is 5.53. The normalized spacial score (nSPS) is 29.4. The molecule has 0 aliphatic heterocycles. The van der Waals surface area contributed by atoms with Crippen LogP contribution in [0, 0.1) is 12.8 Å². The van der Waals surface area contributed by atoms with Crippen LogP contribution in [-0.4, -0.2) is 17.3 Å². The Hall–Kier alpha value is -0.380. The van der Waals surface area contributed by atoms with E-state index in [1.54, 1.807) is 11.3 Å². The number of hydrogen-bond acceptors (Lipinski definition) is 3. The van der Waals surface area contributed by atoms with E-state index in [4.69, 9.17) is 0 Å². The van der Waals surface area contributed by atoms with Gasteiger partial charge in [0.1, 0.15) is 0 Å². The number of thiophene rings is 1. The molecule has 0 aromatic carbocycles. The first kappa shape index (κ1) is 15.0. The van der Waals surface area contributed by atoms with E-state index in [2.05, 4.69) is 37.5 Å². The molecule has 0 radical (unpaired) electrons. The molecule has 1 aliphatic carbocycles. The van der Waals surface area contributed by atoms with Crippen molar-refractivity contribution in [2.24, 2.45) is 5.92 Å². The third kappa shape index (κ3) is 3.80. The van der Waals surface area contributed by atoms with Gasteiger partial charge < -0.3 is 10.4 Å². The van der Waals surface area contributed by atoms with Crippen LogP contribution in [0.15, 0.2) is 11.4 Å². The van der Waals surface area contributed by atoms with Crippen LogP contribution < -0.4 is 5.32 Å². The van der Waals surface area contributed by atoms with Crippen LogP contribution in [0.4, 0.5) is 0 Å². The Morgan fingerprint density at radius 3 is 2.68 bits per heavy atom. The van der Waals surface area contributed by atoms with Crippen LogP contribution in [0.2, 0.25) is 0 Å². The van der Waals surface area contributed by atoms with Crippen LogP contribution in [0.25, 0.3) is 0 Å². The van der Waals surface area contributed by atoms with E-state index in [1.807, 2.05) is 0 Å². The van der Waals surface area contributed by atoms with Crippen LogP contribution in [0.5, 0.6) is 0 Å². The third-order valence-corrected chi connectivity index (χ3v) is 5.85. The standard InChI is InChI=1S/C16H27NOS/c1-4-14-5-8-16(18,9-6-14)11-17-13(3)15-12(2)7-10-19-15/h7,10,13-14,17-18H,4-6,8-9,11H2,1-3H3. The Balaban J connectivity index is 1.83. The summed E-state index contributed by atoms with van der Waals surface area (Å²) < 4.78 is 0. The molecule has 1 aromatic rings. The van der Waals surface area contributed by atoms with E-state index >= 15 is 0 Å². The van der Waals surface area contributed by atoms with Crippen molar-refractivity contribution in [3.8, 4) is 0 Å². The molecule has 108 valence electrons. The maximum absolute atomic E-state index is 10.6. The SMILES string of the molecule is CCC1CCC(O)(CNC(C)c2sccc2C)CC1. The Bertz CT molecular complexity index is 393. The van der Waals surface area contributed by atoms with Crippen molar-refractivity contribution < 1.29 is 5.11 Å². The smallest absolute Gasteiger partial charge is 0.0772 e. The van der Waals surface area contributed by atoms with Crippen LogP contribution in [0.1, 0.15) is 62.4 Å². The lowest BCUT2D eigenvalue weighted by Crippen LogP contribution is -2.44. The molecule has 0 bridgehead atoms. The average molecular weight is 281 g/mol. The molecular weight excluding hydrogens is 254 g/mol. The Labute approximate surface area is 121 Å². The highest BCUT2D eigenvalue weighted by Gasteiger charge is 2.32.